The lowest BCUT2D eigenvalue weighted by atomic mass is 9.87. The third-order valence-electron chi connectivity index (χ3n) is 5.09. The van der Waals surface area contributed by atoms with Crippen molar-refractivity contribution in [2.24, 2.45) is 7.05 Å². The van der Waals surface area contributed by atoms with Crippen LogP contribution >= 0.6 is 0 Å². The molecule has 1 aromatic heterocycles. The zero-order valence-corrected chi connectivity index (χ0v) is 14.8. The number of fused-ring (bicyclic) bond motifs is 1. The van der Waals surface area contributed by atoms with Crippen LogP contribution in [0.3, 0.4) is 0 Å². The summed E-state index contributed by atoms with van der Waals surface area (Å²) in [7, 11) is 3.61. The van der Waals surface area contributed by atoms with Gasteiger partial charge >= 0.3 is 0 Å². The minimum atomic E-state index is 0.0240. The zero-order valence-electron chi connectivity index (χ0n) is 14.8. The molecule has 2 heterocycles. The summed E-state index contributed by atoms with van der Waals surface area (Å²) < 4.78 is 18.8. The summed E-state index contributed by atoms with van der Waals surface area (Å²) in [5.41, 5.74) is 2.82. The van der Waals surface area contributed by atoms with Gasteiger partial charge in [-0.15, -0.1) is 0 Å². The Kier molecular flexibility index (Phi) is 4.63. The number of aryl methyl sites for hydroxylation is 2. The van der Waals surface area contributed by atoms with Gasteiger partial charge in [-0.05, 0) is 42.5 Å². The van der Waals surface area contributed by atoms with Crippen molar-refractivity contribution in [3.8, 4) is 11.5 Å². The predicted octanol–water partition coefficient (Wildman–Crippen LogP) is 1.72. The van der Waals surface area contributed by atoms with E-state index in [-0.39, 0.29) is 12.1 Å². The fourth-order valence-corrected chi connectivity index (χ4v) is 3.75. The van der Waals surface area contributed by atoms with E-state index in [1.165, 1.54) is 11.1 Å². The Morgan fingerprint density at radius 1 is 1.24 bits per heavy atom. The fraction of sp³-hybridized carbons (Fsp3) is 0.526. The van der Waals surface area contributed by atoms with Crippen LogP contribution in [0.15, 0.2) is 30.6 Å². The second kappa shape index (κ2) is 7.06. The second-order valence-corrected chi connectivity index (χ2v) is 6.89. The van der Waals surface area contributed by atoms with Gasteiger partial charge in [0.2, 0.25) is 0 Å². The van der Waals surface area contributed by atoms with E-state index in [1.807, 2.05) is 13.2 Å². The molecule has 0 radical (unpaired) electrons. The zero-order chi connectivity index (χ0) is 17.2. The molecular weight excluding hydrogens is 318 g/mol. The molecule has 2 aromatic rings. The molecule has 134 valence electrons. The number of nitrogens with zero attached hydrogens (tertiary/aromatic N) is 2. The Morgan fingerprint density at radius 2 is 2.16 bits per heavy atom. The van der Waals surface area contributed by atoms with Crippen molar-refractivity contribution in [3.63, 3.8) is 0 Å². The summed E-state index contributed by atoms with van der Waals surface area (Å²) >= 11 is 0. The van der Waals surface area contributed by atoms with Crippen molar-refractivity contribution in [1.82, 2.24) is 15.1 Å². The maximum atomic E-state index is 6.07. The summed E-state index contributed by atoms with van der Waals surface area (Å²) in [6.07, 6.45) is 6.91. The highest BCUT2D eigenvalue weighted by atomic mass is 16.5. The maximum absolute atomic E-state index is 6.07. The number of benzene rings is 1. The molecule has 3 atom stereocenters. The minimum Gasteiger partial charge on any atom is -0.497 e. The normalized spacial score (nSPS) is 25.6. The number of aromatic nitrogens is 2. The third-order valence-corrected chi connectivity index (χ3v) is 5.09. The Bertz CT molecular complexity index is 730. The van der Waals surface area contributed by atoms with Crippen LogP contribution in [0.1, 0.15) is 17.5 Å². The lowest BCUT2D eigenvalue weighted by Crippen LogP contribution is -2.48. The molecule has 1 unspecified atom stereocenters. The van der Waals surface area contributed by atoms with Gasteiger partial charge in [-0.2, -0.15) is 5.10 Å². The number of hydrogen-bond acceptors (Lipinski definition) is 5. The molecule has 6 nitrogen and oxygen atoms in total. The van der Waals surface area contributed by atoms with E-state index < -0.39 is 0 Å². The number of hydrogen-bond donors (Lipinski definition) is 1. The van der Waals surface area contributed by atoms with Crippen molar-refractivity contribution in [1.29, 1.82) is 0 Å². The Labute approximate surface area is 148 Å². The molecule has 4 rings (SSSR count). The first kappa shape index (κ1) is 16.4. The van der Waals surface area contributed by atoms with Crippen LogP contribution in [0.5, 0.6) is 11.5 Å². The minimum absolute atomic E-state index is 0.0240. The van der Waals surface area contributed by atoms with E-state index in [0.29, 0.717) is 19.3 Å². The molecule has 0 amide bonds. The van der Waals surface area contributed by atoms with Gasteiger partial charge in [-0.3, -0.25) is 4.68 Å². The molecule has 0 spiro atoms. The molecular formula is C19H25N3O3. The molecule has 6 heteroatoms. The highest BCUT2D eigenvalue weighted by Gasteiger charge is 2.33. The van der Waals surface area contributed by atoms with E-state index in [2.05, 4.69) is 28.6 Å². The highest BCUT2D eigenvalue weighted by molar-refractivity contribution is 5.38. The first-order valence-electron chi connectivity index (χ1n) is 8.86. The lowest BCUT2D eigenvalue weighted by Gasteiger charge is -2.30. The largest absolute Gasteiger partial charge is 0.497 e. The second-order valence-electron chi connectivity index (χ2n) is 6.89. The van der Waals surface area contributed by atoms with Crippen LogP contribution in [0.2, 0.25) is 0 Å². The molecule has 1 saturated heterocycles. The SMILES string of the molecule is COc1ccc2c(c1)CC(N[C@H]1COC[C@H]1Oc1cnn(C)c1)CC2. The molecule has 2 aliphatic rings. The molecule has 25 heavy (non-hydrogen) atoms. The van der Waals surface area contributed by atoms with Crippen LogP contribution in [-0.2, 0) is 24.6 Å². The Hall–Kier alpha value is -2.05. The smallest absolute Gasteiger partial charge is 0.157 e. The van der Waals surface area contributed by atoms with Gasteiger partial charge < -0.3 is 19.5 Å². The van der Waals surface area contributed by atoms with Crippen molar-refractivity contribution in [3.05, 3.63) is 41.7 Å². The van der Waals surface area contributed by atoms with E-state index in [0.717, 1.165) is 30.8 Å². The van der Waals surface area contributed by atoms with Crippen LogP contribution in [0.4, 0.5) is 0 Å². The van der Waals surface area contributed by atoms with E-state index in [4.69, 9.17) is 14.2 Å². The van der Waals surface area contributed by atoms with Gasteiger partial charge in [0.05, 0.1) is 38.8 Å². The van der Waals surface area contributed by atoms with Crippen LogP contribution in [0.25, 0.3) is 0 Å². The summed E-state index contributed by atoms with van der Waals surface area (Å²) in [5.74, 6) is 1.73. The third kappa shape index (κ3) is 3.65. The predicted molar refractivity (Wildman–Crippen MR) is 94.2 cm³/mol. The average Bonchev–Trinajstić information content (AvgIpc) is 3.23. The van der Waals surface area contributed by atoms with Gasteiger partial charge in [0.1, 0.15) is 11.9 Å². The van der Waals surface area contributed by atoms with Crippen molar-refractivity contribution < 1.29 is 14.2 Å². The summed E-state index contributed by atoms with van der Waals surface area (Å²) in [6, 6.07) is 7.05. The summed E-state index contributed by atoms with van der Waals surface area (Å²) in [5, 5.41) is 7.91. The highest BCUT2D eigenvalue weighted by Crippen LogP contribution is 2.26. The molecule has 1 N–H and O–H groups in total. The Balaban J connectivity index is 1.39. The van der Waals surface area contributed by atoms with Gasteiger partial charge in [0.15, 0.2) is 5.75 Å². The molecule has 1 aliphatic carbocycles. The molecule has 1 aromatic carbocycles. The lowest BCUT2D eigenvalue weighted by molar-refractivity contribution is 0.138. The quantitative estimate of drug-likeness (QED) is 0.896. The van der Waals surface area contributed by atoms with Gasteiger partial charge in [-0.25, -0.2) is 0 Å². The van der Waals surface area contributed by atoms with Crippen molar-refractivity contribution in [2.45, 2.75) is 37.5 Å². The maximum Gasteiger partial charge on any atom is 0.157 e. The van der Waals surface area contributed by atoms with E-state index in [9.17, 15) is 0 Å². The standard InChI is InChI=1S/C19H25N3O3/c1-22-10-17(9-20-22)25-19-12-24-11-18(19)21-15-5-3-13-4-6-16(23-2)8-14(13)7-15/h4,6,8-10,15,18-19,21H,3,5,7,11-12H2,1-2H3/t15?,18-,19+/m0/s1. The van der Waals surface area contributed by atoms with Crippen molar-refractivity contribution in [2.75, 3.05) is 20.3 Å². The summed E-state index contributed by atoms with van der Waals surface area (Å²) in [4.78, 5) is 0. The molecule has 0 saturated carbocycles. The average molecular weight is 343 g/mol. The molecule has 1 aliphatic heterocycles. The molecule has 0 bridgehead atoms. The Morgan fingerprint density at radius 3 is 2.96 bits per heavy atom. The summed E-state index contributed by atoms with van der Waals surface area (Å²) in [6.45, 7) is 1.30. The van der Waals surface area contributed by atoms with Crippen LogP contribution in [-0.4, -0.2) is 48.3 Å². The van der Waals surface area contributed by atoms with Crippen molar-refractivity contribution >= 4 is 0 Å². The first-order chi connectivity index (χ1) is 12.2. The van der Waals surface area contributed by atoms with Gasteiger partial charge in [0, 0.05) is 13.1 Å². The first-order valence-corrected chi connectivity index (χ1v) is 8.86. The van der Waals surface area contributed by atoms with E-state index >= 15 is 0 Å². The number of ether oxygens (including phenoxy) is 3. The van der Waals surface area contributed by atoms with E-state index in [1.54, 1.807) is 18.0 Å². The fourth-order valence-electron chi connectivity index (χ4n) is 3.75. The van der Waals surface area contributed by atoms with Gasteiger partial charge in [-0.1, -0.05) is 6.07 Å². The monoisotopic (exact) mass is 343 g/mol. The number of nitrogens with one attached hydrogen (secondary N) is 1. The topological polar surface area (TPSA) is 57.5 Å². The molecule has 1 fully saturated rings. The van der Waals surface area contributed by atoms with Crippen LogP contribution < -0.4 is 14.8 Å². The number of rotatable bonds is 5. The number of methoxy groups -OCH3 is 1. The van der Waals surface area contributed by atoms with Gasteiger partial charge in [0.25, 0.3) is 0 Å². The van der Waals surface area contributed by atoms with Crippen LogP contribution in [0, 0.1) is 0 Å².